The molecule has 0 aliphatic rings. The van der Waals surface area contributed by atoms with E-state index >= 15 is 0 Å². The molecule has 2 aromatic rings. The summed E-state index contributed by atoms with van der Waals surface area (Å²) in [5.41, 5.74) is 1.99. The number of hydrogen-bond acceptors (Lipinski definition) is 3. The molecule has 0 bridgehead atoms. The highest BCUT2D eigenvalue weighted by molar-refractivity contribution is 5.77. The third-order valence-electron chi connectivity index (χ3n) is 2.43. The predicted octanol–water partition coefficient (Wildman–Crippen LogP) is 3.43. The fourth-order valence-corrected chi connectivity index (χ4v) is 1.62. The molecule has 4 nitrogen and oxygen atoms in total. The van der Waals surface area contributed by atoms with Gasteiger partial charge in [-0.3, -0.25) is 0 Å². The summed E-state index contributed by atoms with van der Waals surface area (Å²) in [4.78, 5) is 9.71. The molecule has 0 spiro atoms. The van der Waals surface area contributed by atoms with Crippen molar-refractivity contribution in [2.45, 2.75) is 34.6 Å². The first-order valence-electron chi connectivity index (χ1n) is 7.15. The number of anilines is 1. The second kappa shape index (κ2) is 10.4. The number of benzene rings is 1. The van der Waals surface area contributed by atoms with Gasteiger partial charge >= 0.3 is 0 Å². The van der Waals surface area contributed by atoms with Crippen molar-refractivity contribution in [3.05, 3.63) is 24.3 Å². The van der Waals surface area contributed by atoms with Gasteiger partial charge in [-0.25, -0.2) is 4.98 Å². The van der Waals surface area contributed by atoms with E-state index < -0.39 is 0 Å². The summed E-state index contributed by atoms with van der Waals surface area (Å²) in [5, 5.41) is 8.92. The fourth-order valence-electron chi connectivity index (χ4n) is 1.62. The third-order valence-corrected chi connectivity index (χ3v) is 2.43. The maximum Gasteiger partial charge on any atom is 0.203 e. The van der Waals surface area contributed by atoms with Crippen LogP contribution in [0.5, 0.6) is 0 Å². The molecule has 1 heterocycles. The smallest absolute Gasteiger partial charge is 0.203 e. The van der Waals surface area contributed by atoms with Crippen LogP contribution in [0, 0.1) is 0 Å². The van der Waals surface area contributed by atoms with E-state index in [1.165, 1.54) is 0 Å². The van der Waals surface area contributed by atoms with Crippen LogP contribution >= 0.6 is 0 Å². The molecule has 19 heavy (non-hydrogen) atoms. The molecule has 108 valence electrons. The summed E-state index contributed by atoms with van der Waals surface area (Å²) in [6.07, 6.45) is 0. The summed E-state index contributed by atoms with van der Waals surface area (Å²) in [6.45, 7) is 11.6. The first-order chi connectivity index (χ1) is 9.35. The van der Waals surface area contributed by atoms with Gasteiger partial charge < -0.3 is 15.0 Å². The molecular weight excluding hydrogens is 238 g/mol. The Morgan fingerprint density at radius 3 is 2.32 bits per heavy atom. The van der Waals surface area contributed by atoms with E-state index in [9.17, 15) is 0 Å². The fraction of sp³-hybridized carbons (Fsp3) is 0.533. The number of nitrogens with one attached hydrogen (secondary N) is 1. The highest BCUT2D eigenvalue weighted by Gasteiger charge is 2.08. The van der Waals surface area contributed by atoms with Crippen LogP contribution in [0.1, 0.15) is 34.6 Å². The zero-order valence-electron chi connectivity index (χ0n) is 12.8. The highest BCUT2D eigenvalue weighted by Crippen LogP contribution is 2.16. The molecule has 0 radical (unpaired) electrons. The number of H-pyrrole nitrogens is 1. The standard InChI is InChI=1S/C11H15N3O.2C2H6/c1-2-14(7-8-15)11-12-9-5-3-4-6-10(9)13-11;2*1-2/h3-6,15H,2,7-8H2,1H3,(H,12,13);2*1-2H3. The quantitative estimate of drug-likeness (QED) is 0.890. The van der Waals surface area contributed by atoms with Crippen molar-refractivity contribution in [3.8, 4) is 0 Å². The summed E-state index contributed by atoms with van der Waals surface area (Å²) in [6, 6.07) is 7.92. The summed E-state index contributed by atoms with van der Waals surface area (Å²) in [7, 11) is 0. The minimum atomic E-state index is 0.144. The van der Waals surface area contributed by atoms with Crippen molar-refractivity contribution in [2.24, 2.45) is 0 Å². The van der Waals surface area contributed by atoms with E-state index in [0.717, 1.165) is 23.5 Å². The van der Waals surface area contributed by atoms with Gasteiger partial charge in [0.1, 0.15) is 0 Å². The molecule has 0 aliphatic carbocycles. The van der Waals surface area contributed by atoms with Crippen molar-refractivity contribution >= 4 is 17.0 Å². The minimum absolute atomic E-state index is 0.144. The Hall–Kier alpha value is -1.55. The lowest BCUT2D eigenvalue weighted by Crippen LogP contribution is -2.27. The lowest BCUT2D eigenvalue weighted by molar-refractivity contribution is 0.302. The molecule has 2 N–H and O–H groups in total. The lowest BCUT2D eigenvalue weighted by Gasteiger charge is -2.17. The molecule has 1 aromatic carbocycles. The summed E-state index contributed by atoms with van der Waals surface area (Å²) in [5.74, 6) is 0.827. The number of para-hydroxylation sites is 2. The van der Waals surface area contributed by atoms with Gasteiger partial charge in [-0.05, 0) is 19.1 Å². The molecular formula is C15H27N3O. The third kappa shape index (κ3) is 4.91. The molecule has 2 rings (SSSR count). The van der Waals surface area contributed by atoms with E-state index in [2.05, 4.69) is 9.97 Å². The predicted molar refractivity (Wildman–Crippen MR) is 83.8 cm³/mol. The Bertz CT molecular complexity index is 407. The van der Waals surface area contributed by atoms with Crippen molar-refractivity contribution in [2.75, 3.05) is 24.6 Å². The number of rotatable bonds is 4. The Morgan fingerprint density at radius 1 is 1.16 bits per heavy atom. The number of aliphatic hydroxyl groups excluding tert-OH is 1. The van der Waals surface area contributed by atoms with E-state index in [1.807, 2.05) is 63.8 Å². The van der Waals surface area contributed by atoms with Gasteiger partial charge in [-0.15, -0.1) is 0 Å². The summed E-state index contributed by atoms with van der Waals surface area (Å²) < 4.78 is 0. The van der Waals surface area contributed by atoms with Crippen LogP contribution < -0.4 is 4.90 Å². The van der Waals surface area contributed by atoms with Crippen molar-refractivity contribution in [1.29, 1.82) is 0 Å². The average Bonchev–Trinajstić information content (AvgIpc) is 2.92. The maximum atomic E-state index is 8.92. The average molecular weight is 265 g/mol. The first-order valence-corrected chi connectivity index (χ1v) is 7.15. The van der Waals surface area contributed by atoms with E-state index in [0.29, 0.717) is 6.54 Å². The second-order valence-electron chi connectivity index (χ2n) is 3.38. The number of aromatic amines is 1. The van der Waals surface area contributed by atoms with Crippen molar-refractivity contribution in [3.63, 3.8) is 0 Å². The van der Waals surface area contributed by atoms with Gasteiger partial charge in [0.25, 0.3) is 0 Å². The second-order valence-corrected chi connectivity index (χ2v) is 3.38. The van der Waals surface area contributed by atoms with Crippen LogP contribution in [0.3, 0.4) is 0 Å². The number of fused-ring (bicyclic) bond motifs is 1. The van der Waals surface area contributed by atoms with Gasteiger partial charge in [-0.2, -0.15) is 0 Å². The molecule has 0 unspecified atom stereocenters. The van der Waals surface area contributed by atoms with Gasteiger partial charge in [0.2, 0.25) is 5.95 Å². The monoisotopic (exact) mass is 265 g/mol. The van der Waals surface area contributed by atoms with Crippen LogP contribution in [0.2, 0.25) is 0 Å². The zero-order chi connectivity index (χ0) is 14.7. The van der Waals surface area contributed by atoms with Crippen LogP contribution in [0.15, 0.2) is 24.3 Å². The van der Waals surface area contributed by atoms with E-state index in [1.54, 1.807) is 0 Å². The number of aromatic nitrogens is 2. The minimum Gasteiger partial charge on any atom is -0.395 e. The number of nitrogens with zero attached hydrogens (tertiary/aromatic N) is 2. The van der Waals surface area contributed by atoms with E-state index in [-0.39, 0.29) is 6.61 Å². The largest absolute Gasteiger partial charge is 0.395 e. The Labute approximate surface area is 116 Å². The Balaban J connectivity index is 0.000000741. The molecule has 0 fully saturated rings. The molecule has 0 saturated carbocycles. The van der Waals surface area contributed by atoms with Gasteiger partial charge in [0.15, 0.2) is 0 Å². The first kappa shape index (κ1) is 17.4. The van der Waals surface area contributed by atoms with Crippen molar-refractivity contribution < 1.29 is 5.11 Å². The van der Waals surface area contributed by atoms with Crippen LogP contribution in [-0.2, 0) is 0 Å². The van der Waals surface area contributed by atoms with Crippen LogP contribution in [-0.4, -0.2) is 34.8 Å². The molecule has 0 saturated heterocycles. The van der Waals surface area contributed by atoms with Crippen LogP contribution in [0.25, 0.3) is 11.0 Å². The molecule has 0 aliphatic heterocycles. The number of aliphatic hydroxyl groups is 1. The lowest BCUT2D eigenvalue weighted by atomic mass is 10.3. The molecule has 0 atom stereocenters. The van der Waals surface area contributed by atoms with Crippen molar-refractivity contribution in [1.82, 2.24) is 9.97 Å². The topological polar surface area (TPSA) is 52.1 Å². The number of hydrogen-bond donors (Lipinski definition) is 2. The molecule has 0 amide bonds. The van der Waals surface area contributed by atoms with Gasteiger partial charge in [-0.1, -0.05) is 39.8 Å². The number of likely N-dealkylation sites (N-methyl/N-ethyl adjacent to an activating group) is 1. The normalized spacial score (nSPS) is 9.16. The SMILES string of the molecule is CC.CC.CCN(CCO)c1nc2ccccc2[nH]1. The Kier molecular flexibility index (Phi) is 9.53. The summed E-state index contributed by atoms with van der Waals surface area (Å²) >= 11 is 0. The Morgan fingerprint density at radius 2 is 1.79 bits per heavy atom. The van der Waals surface area contributed by atoms with Gasteiger partial charge in [0, 0.05) is 13.1 Å². The van der Waals surface area contributed by atoms with Crippen LogP contribution in [0.4, 0.5) is 5.95 Å². The molecule has 4 heteroatoms. The zero-order valence-corrected chi connectivity index (χ0v) is 12.8. The van der Waals surface area contributed by atoms with E-state index in [4.69, 9.17) is 5.11 Å². The van der Waals surface area contributed by atoms with Gasteiger partial charge in [0.05, 0.1) is 17.6 Å². The number of imidazole rings is 1. The molecule has 1 aromatic heterocycles. The maximum absolute atomic E-state index is 8.92. The highest BCUT2D eigenvalue weighted by atomic mass is 16.3.